The average molecular weight is 323 g/mol. The molecule has 5 heteroatoms. The van der Waals surface area contributed by atoms with Gasteiger partial charge in [0.15, 0.2) is 6.10 Å². The zero-order valence-corrected chi connectivity index (χ0v) is 13.9. The summed E-state index contributed by atoms with van der Waals surface area (Å²) in [6.07, 6.45) is 0.0885. The molecule has 24 heavy (non-hydrogen) atoms. The molecule has 0 bridgehead atoms. The predicted molar refractivity (Wildman–Crippen MR) is 93.7 cm³/mol. The van der Waals surface area contributed by atoms with E-state index in [9.17, 15) is 4.79 Å². The van der Waals surface area contributed by atoms with Crippen molar-refractivity contribution >= 4 is 16.9 Å². The highest BCUT2D eigenvalue weighted by Gasteiger charge is 2.19. The van der Waals surface area contributed by atoms with Gasteiger partial charge in [0.1, 0.15) is 11.6 Å². The molecule has 1 atom stereocenters. The lowest BCUT2D eigenvalue weighted by Gasteiger charge is -2.17. The number of hydrogen-bond acceptors (Lipinski definition) is 3. The summed E-state index contributed by atoms with van der Waals surface area (Å²) < 4.78 is 7.76. The second kappa shape index (κ2) is 7.17. The summed E-state index contributed by atoms with van der Waals surface area (Å²) >= 11 is 0. The first-order valence-electron chi connectivity index (χ1n) is 8.08. The number of aryl methyl sites for hydroxylation is 1. The highest BCUT2D eigenvalue weighted by Crippen LogP contribution is 2.15. The number of hydrogen-bond donors (Lipinski definition) is 1. The van der Waals surface area contributed by atoms with Crippen LogP contribution in [0.4, 0.5) is 0 Å². The van der Waals surface area contributed by atoms with Crippen LogP contribution in [0.1, 0.15) is 19.2 Å². The second-order valence-corrected chi connectivity index (χ2v) is 5.62. The van der Waals surface area contributed by atoms with E-state index in [0.717, 1.165) is 16.9 Å². The van der Waals surface area contributed by atoms with Crippen LogP contribution in [0, 0.1) is 0 Å². The van der Waals surface area contributed by atoms with Crippen LogP contribution < -0.4 is 10.1 Å². The molecule has 124 valence electrons. The minimum atomic E-state index is -0.512. The summed E-state index contributed by atoms with van der Waals surface area (Å²) in [6.45, 7) is 2.31. The van der Waals surface area contributed by atoms with Gasteiger partial charge in [0.25, 0.3) is 5.91 Å². The Labute approximate surface area is 141 Å². The van der Waals surface area contributed by atoms with Crippen LogP contribution in [0.5, 0.6) is 5.75 Å². The van der Waals surface area contributed by atoms with Gasteiger partial charge in [-0.1, -0.05) is 37.3 Å². The molecule has 0 aliphatic carbocycles. The minimum absolute atomic E-state index is 0.131. The maximum Gasteiger partial charge on any atom is 0.261 e. The lowest BCUT2D eigenvalue weighted by Crippen LogP contribution is -2.38. The molecule has 0 saturated carbocycles. The quantitative estimate of drug-likeness (QED) is 0.758. The number of ether oxygens (including phenoxy) is 1. The Morgan fingerprint density at radius 2 is 1.88 bits per heavy atom. The summed E-state index contributed by atoms with van der Waals surface area (Å²) in [4.78, 5) is 17.0. The molecular weight excluding hydrogens is 302 g/mol. The molecular formula is C19H21N3O2. The normalized spacial score (nSPS) is 12.1. The minimum Gasteiger partial charge on any atom is -0.481 e. The van der Waals surface area contributed by atoms with Gasteiger partial charge in [-0.2, -0.15) is 0 Å². The van der Waals surface area contributed by atoms with E-state index in [-0.39, 0.29) is 5.91 Å². The Kier molecular flexibility index (Phi) is 4.79. The van der Waals surface area contributed by atoms with Crippen molar-refractivity contribution in [2.24, 2.45) is 7.05 Å². The largest absolute Gasteiger partial charge is 0.481 e. The number of aromatic nitrogens is 2. The molecule has 1 aromatic heterocycles. The fourth-order valence-electron chi connectivity index (χ4n) is 2.62. The van der Waals surface area contributed by atoms with Crippen molar-refractivity contribution in [1.29, 1.82) is 0 Å². The van der Waals surface area contributed by atoms with Gasteiger partial charge in [0, 0.05) is 7.05 Å². The topological polar surface area (TPSA) is 56.1 Å². The van der Waals surface area contributed by atoms with E-state index in [1.807, 2.05) is 73.1 Å². The van der Waals surface area contributed by atoms with Gasteiger partial charge in [-0.25, -0.2) is 4.98 Å². The molecule has 0 spiro atoms. The Bertz CT molecular complexity index is 827. The van der Waals surface area contributed by atoms with Crippen LogP contribution in [-0.2, 0) is 18.4 Å². The number of carbonyl (C=O) groups excluding carboxylic acids is 1. The number of nitrogens with one attached hydrogen (secondary N) is 1. The summed E-state index contributed by atoms with van der Waals surface area (Å²) in [5.74, 6) is 1.38. The van der Waals surface area contributed by atoms with E-state index in [0.29, 0.717) is 18.7 Å². The number of para-hydroxylation sites is 3. The van der Waals surface area contributed by atoms with Gasteiger partial charge in [0.05, 0.1) is 17.6 Å². The lowest BCUT2D eigenvalue weighted by molar-refractivity contribution is -0.128. The van der Waals surface area contributed by atoms with Gasteiger partial charge in [-0.3, -0.25) is 4.79 Å². The van der Waals surface area contributed by atoms with Crippen LogP contribution >= 0.6 is 0 Å². The van der Waals surface area contributed by atoms with Crippen molar-refractivity contribution in [1.82, 2.24) is 14.9 Å². The molecule has 3 aromatic rings. The van der Waals surface area contributed by atoms with Crippen molar-refractivity contribution < 1.29 is 9.53 Å². The number of amides is 1. The average Bonchev–Trinajstić information content (AvgIpc) is 2.95. The van der Waals surface area contributed by atoms with Crippen LogP contribution in [0.25, 0.3) is 11.0 Å². The Hall–Kier alpha value is -2.82. The monoisotopic (exact) mass is 323 g/mol. The molecule has 3 rings (SSSR count). The third-order valence-corrected chi connectivity index (χ3v) is 3.99. The van der Waals surface area contributed by atoms with E-state index in [2.05, 4.69) is 10.3 Å². The van der Waals surface area contributed by atoms with Crippen molar-refractivity contribution in [2.75, 3.05) is 0 Å². The van der Waals surface area contributed by atoms with E-state index < -0.39 is 6.10 Å². The number of nitrogens with zero attached hydrogens (tertiary/aromatic N) is 2. The van der Waals surface area contributed by atoms with Gasteiger partial charge in [-0.05, 0) is 30.7 Å². The van der Waals surface area contributed by atoms with Gasteiger partial charge >= 0.3 is 0 Å². The molecule has 0 fully saturated rings. The van der Waals surface area contributed by atoms with Crippen LogP contribution in [0.3, 0.4) is 0 Å². The standard InChI is InChI=1S/C19H21N3O2/c1-3-17(24-14-9-5-4-6-10-14)19(23)20-13-18-21-15-11-7-8-12-16(15)22(18)2/h4-12,17H,3,13H2,1-2H3,(H,20,23)/t17-/m0/s1. The molecule has 1 heterocycles. The summed E-state index contributed by atoms with van der Waals surface area (Å²) in [5, 5.41) is 2.92. The van der Waals surface area contributed by atoms with Gasteiger partial charge < -0.3 is 14.6 Å². The summed E-state index contributed by atoms with van der Waals surface area (Å²) in [6, 6.07) is 17.3. The number of imidazole rings is 1. The first-order chi connectivity index (χ1) is 11.7. The number of fused-ring (bicyclic) bond motifs is 1. The van der Waals surface area contributed by atoms with E-state index in [1.54, 1.807) is 0 Å². The molecule has 0 saturated heterocycles. The van der Waals surface area contributed by atoms with Gasteiger partial charge in [-0.15, -0.1) is 0 Å². The van der Waals surface area contributed by atoms with Crippen LogP contribution in [-0.4, -0.2) is 21.6 Å². The second-order valence-electron chi connectivity index (χ2n) is 5.62. The fourth-order valence-corrected chi connectivity index (χ4v) is 2.62. The van der Waals surface area contributed by atoms with Crippen molar-refractivity contribution in [2.45, 2.75) is 26.0 Å². The van der Waals surface area contributed by atoms with E-state index in [4.69, 9.17) is 4.74 Å². The first-order valence-corrected chi connectivity index (χ1v) is 8.08. The highest BCUT2D eigenvalue weighted by molar-refractivity contribution is 5.81. The Morgan fingerprint density at radius 3 is 2.58 bits per heavy atom. The molecule has 1 amide bonds. The third kappa shape index (κ3) is 3.40. The summed E-state index contributed by atoms with van der Waals surface area (Å²) in [5.41, 5.74) is 1.98. The number of carbonyl (C=O) groups is 1. The maximum atomic E-state index is 12.4. The predicted octanol–water partition coefficient (Wildman–Crippen LogP) is 3.05. The molecule has 0 radical (unpaired) electrons. The van der Waals surface area contributed by atoms with Gasteiger partial charge in [0.2, 0.25) is 0 Å². The molecule has 2 aromatic carbocycles. The number of benzene rings is 2. The van der Waals surface area contributed by atoms with Crippen LogP contribution in [0.2, 0.25) is 0 Å². The number of rotatable bonds is 6. The zero-order chi connectivity index (χ0) is 16.9. The smallest absolute Gasteiger partial charge is 0.261 e. The highest BCUT2D eigenvalue weighted by atomic mass is 16.5. The zero-order valence-electron chi connectivity index (χ0n) is 13.9. The fraction of sp³-hybridized carbons (Fsp3) is 0.263. The SMILES string of the molecule is CC[C@H](Oc1ccccc1)C(=O)NCc1nc2ccccc2n1C. The van der Waals surface area contributed by atoms with E-state index >= 15 is 0 Å². The van der Waals surface area contributed by atoms with Crippen molar-refractivity contribution in [3.63, 3.8) is 0 Å². The molecule has 0 aliphatic rings. The Balaban J connectivity index is 1.66. The Morgan fingerprint density at radius 1 is 1.17 bits per heavy atom. The third-order valence-electron chi connectivity index (χ3n) is 3.99. The molecule has 5 nitrogen and oxygen atoms in total. The molecule has 1 N–H and O–H groups in total. The molecule has 0 unspecified atom stereocenters. The van der Waals surface area contributed by atoms with Crippen molar-refractivity contribution in [3.8, 4) is 5.75 Å². The summed E-state index contributed by atoms with van der Waals surface area (Å²) in [7, 11) is 1.95. The van der Waals surface area contributed by atoms with Crippen LogP contribution in [0.15, 0.2) is 54.6 Å². The van der Waals surface area contributed by atoms with E-state index in [1.165, 1.54) is 0 Å². The maximum absolute atomic E-state index is 12.4. The molecule has 0 aliphatic heterocycles. The lowest BCUT2D eigenvalue weighted by atomic mass is 10.2. The first kappa shape index (κ1) is 16.1. The van der Waals surface area contributed by atoms with Crippen molar-refractivity contribution in [3.05, 3.63) is 60.4 Å².